The number of fused-ring (bicyclic) bond motifs is 2. The monoisotopic (exact) mass is 409 g/mol. The number of carbonyl (C=O) groups is 2. The first-order chi connectivity index (χ1) is 13.7. The number of thiophene rings is 2. The van der Waals surface area contributed by atoms with Gasteiger partial charge in [-0.15, -0.1) is 22.7 Å². The number of hydrogen-bond acceptors (Lipinski definition) is 5. The van der Waals surface area contributed by atoms with Crippen molar-refractivity contribution in [2.45, 2.75) is 12.5 Å². The Labute approximate surface area is 171 Å². The van der Waals surface area contributed by atoms with Crippen molar-refractivity contribution < 1.29 is 9.59 Å². The Balaban J connectivity index is 1.44. The number of hydrogen-bond donors (Lipinski definition) is 1. The molecule has 0 aliphatic carbocycles. The summed E-state index contributed by atoms with van der Waals surface area (Å²) in [7, 11) is 0. The number of para-hydroxylation sites is 2. The molecule has 28 heavy (non-hydrogen) atoms. The Morgan fingerprint density at radius 3 is 2.86 bits per heavy atom. The average molecular weight is 410 g/mol. The molecule has 5 rings (SSSR count). The lowest BCUT2D eigenvalue weighted by molar-refractivity contribution is -0.123. The summed E-state index contributed by atoms with van der Waals surface area (Å²) in [5.41, 5.74) is 2.77. The molecule has 5 nitrogen and oxygen atoms in total. The van der Waals surface area contributed by atoms with E-state index < -0.39 is 0 Å². The summed E-state index contributed by atoms with van der Waals surface area (Å²) in [5, 5.41) is 7.07. The number of nitrogens with zero attached hydrogens (tertiary/aromatic N) is 2. The van der Waals surface area contributed by atoms with Crippen LogP contribution in [0.15, 0.2) is 53.2 Å². The van der Waals surface area contributed by atoms with E-state index in [2.05, 4.69) is 39.2 Å². The Morgan fingerprint density at radius 2 is 2.00 bits per heavy atom. The van der Waals surface area contributed by atoms with Crippen LogP contribution in [0.3, 0.4) is 0 Å². The number of rotatable bonds is 3. The molecule has 0 saturated carbocycles. The first-order valence-electron chi connectivity index (χ1n) is 9.23. The fourth-order valence-electron chi connectivity index (χ4n) is 4.03. The summed E-state index contributed by atoms with van der Waals surface area (Å²) in [4.78, 5) is 31.9. The van der Waals surface area contributed by atoms with Crippen LogP contribution in [0.1, 0.15) is 21.4 Å². The van der Waals surface area contributed by atoms with Gasteiger partial charge < -0.3 is 5.32 Å². The van der Waals surface area contributed by atoms with Gasteiger partial charge in [-0.2, -0.15) is 0 Å². The maximum Gasteiger partial charge on any atom is 0.244 e. The van der Waals surface area contributed by atoms with Gasteiger partial charge >= 0.3 is 0 Å². The van der Waals surface area contributed by atoms with Crippen molar-refractivity contribution in [3.63, 3.8) is 0 Å². The molecule has 2 aromatic heterocycles. The van der Waals surface area contributed by atoms with Gasteiger partial charge in [-0.05, 0) is 47.0 Å². The van der Waals surface area contributed by atoms with Gasteiger partial charge in [-0.1, -0.05) is 18.2 Å². The SMILES string of the molecule is O=C1CN(C(=O)CN2CCc3sccc3[C@@H]2c2cccs2)c2ccccc2N1. The van der Waals surface area contributed by atoms with Crippen LogP contribution in [0.4, 0.5) is 11.4 Å². The fraction of sp³-hybridized carbons (Fsp3) is 0.238. The molecule has 0 spiro atoms. The van der Waals surface area contributed by atoms with Crippen LogP contribution in [0.2, 0.25) is 0 Å². The second-order valence-electron chi connectivity index (χ2n) is 6.98. The lowest BCUT2D eigenvalue weighted by atomic mass is 9.98. The van der Waals surface area contributed by atoms with Crippen molar-refractivity contribution in [2.24, 2.45) is 0 Å². The second-order valence-corrected chi connectivity index (χ2v) is 8.96. The maximum atomic E-state index is 13.3. The molecule has 0 unspecified atom stereocenters. The van der Waals surface area contributed by atoms with Crippen molar-refractivity contribution in [3.05, 3.63) is 68.5 Å². The molecule has 2 amide bonds. The minimum absolute atomic E-state index is 0.0393. The predicted octanol–water partition coefficient (Wildman–Crippen LogP) is 3.74. The summed E-state index contributed by atoms with van der Waals surface area (Å²) in [5.74, 6) is -0.192. The lowest BCUT2D eigenvalue weighted by Crippen LogP contribution is -2.48. The summed E-state index contributed by atoms with van der Waals surface area (Å²) in [6, 6.07) is 14.0. The van der Waals surface area contributed by atoms with Gasteiger partial charge in [-0.3, -0.25) is 19.4 Å². The van der Waals surface area contributed by atoms with E-state index in [-0.39, 0.29) is 24.4 Å². The molecule has 0 radical (unpaired) electrons. The van der Waals surface area contributed by atoms with E-state index in [4.69, 9.17) is 0 Å². The van der Waals surface area contributed by atoms with E-state index in [0.29, 0.717) is 12.2 Å². The first kappa shape index (κ1) is 17.6. The van der Waals surface area contributed by atoms with Crippen molar-refractivity contribution >= 4 is 45.9 Å². The quantitative estimate of drug-likeness (QED) is 0.717. The fourth-order valence-corrected chi connectivity index (χ4v) is 5.81. The van der Waals surface area contributed by atoms with Crippen LogP contribution in [-0.2, 0) is 16.0 Å². The molecule has 0 saturated heterocycles. The van der Waals surface area contributed by atoms with Crippen molar-refractivity contribution in [1.29, 1.82) is 0 Å². The van der Waals surface area contributed by atoms with E-state index in [9.17, 15) is 9.59 Å². The summed E-state index contributed by atoms with van der Waals surface area (Å²) >= 11 is 3.52. The second kappa shape index (κ2) is 7.16. The van der Waals surface area contributed by atoms with Gasteiger partial charge in [0.25, 0.3) is 0 Å². The van der Waals surface area contributed by atoms with Crippen LogP contribution in [0.5, 0.6) is 0 Å². The molecule has 0 bridgehead atoms. The van der Waals surface area contributed by atoms with Gasteiger partial charge in [0.15, 0.2) is 0 Å². The molecule has 2 aliphatic heterocycles. The Bertz CT molecular complexity index is 1030. The summed E-state index contributed by atoms with van der Waals surface area (Å²) < 4.78 is 0. The molecular formula is C21H19N3O2S2. The molecule has 3 aromatic rings. The summed E-state index contributed by atoms with van der Waals surface area (Å²) in [6.07, 6.45) is 0.958. The van der Waals surface area contributed by atoms with E-state index in [1.54, 1.807) is 27.6 Å². The lowest BCUT2D eigenvalue weighted by Gasteiger charge is -2.37. The van der Waals surface area contributed by atoms with Crippen molar-refractivity contribution in [1.82, 2.24) is 4.90 Å². The van der Waals surface area contributed by atoms with Crippen molar-refractivity contribution in [3.8, 4) is 0 Å². The predicted molar refractivity (Wildman–Crippen MR) is 113 cm³/mol. The Hall–Kier alpha value is -2.48. The van der Waals surface area contributed by atoms with Crippen LogP contribution in [-0.4, -0.2) is 36.3 Å². The molecule has 4 heterocycles. The highest BCUT2D eigenvalue weighted by Gasteiger charge is 2.34. The summed E-state index contributed by atoms with van der Waals surface area (Å²) in [6.45, 7) is 1.19. The maximum absolute atomic E-state index is 13.3. The first-order valence-corrected chi connectivity index (χ1v) is 11.0. The van der Waals surface area contributed by atoms with Crippen LogP contribution in [0.25, 0.3) is 0 Å². The standard InChI is InChI=1S/C21H19N3O2S2/c25-19-12-24(16-5-2-1-4-15(16)22-19)20(26)13-23-9-7-17-14(8-11-28-17)21(23)18-6-3-10-27-18/h1-6,8,10-11,21H,7,9,12-13H2,(H,22,25)/t21-/m1/s1. The zero-order valence-corrected chi connectivity index (χ0v) is 16.8. The number of benzene rings is 1. The largest absolute Gasteiger partial charge is 0.323 e. The Kier molecular flexibility index (Phi) is 4.50. The third kappa shape index (κ3) is 3.05. The highest BCUT2D eigenvalue weighted by Crippen LogP contribution is 2.39. The minimum atomic E-state index is -0.152. The van der Waals surface area contributed by atoms with Gasteiger partial charge in [0, 0.05) is 16.3 Å². The highest BCUT2D eigenvalue weighted by molar-refractivity contribution is 7.10. The smallest absolute Gasteiger partial charge is 0.244 e. The molecule has 1 N–H and O–H groups in total. The molecule has 2 aliphatic rings. The normalized spacial score (nSPS) is 19.1. The molecule has 7 heteroatoms. The number of anilines is 2. The van der Waals surface area contributed by atoms with Crippen LogP contribution >= 0.6 is 22.7 Å². The average Bonchev–Trinajstić information content (AvgIpc) is 3.39. The zero-order chi connectivity index (χ0) is 19.1. The molecule has 1 atom stereocenters. The molecule has 142 valence electrons. The van der Waals surface area contributed by atoms with Gasteiger partial charge in [-0.25, -0.2) is 0 Å². The third-order valence-electron chi connectivity index (χ3n) is 5.29. The van der Waals surface area contributed by atoms with Gasteiger partial charge in [0.1, 0.15) is 6.54 Å². The van der Waals surface area contributed by atoms with Crippen molar-refractivity contribution in [2.75, 3.05) is 29.9 Å². The molecule has 0 fully saturated rings. The minimum Gasteiger partial charge on any atom is -0.323 e. The Morgan fingerprint density at radius 1 is 1.11 bits per heavy atom. The number of nitrogens with one attached hydrogen (secondary N) is 1. The van der Waals surface area contributed by atoms with E-state index in [0.717, 1.165) is 18.7 Å². The van der Waals surface area contributed by atoms with Crippen LogP contribution in [0, 0.1) is 0 Å². The highest BCUT2D eigenvalue weighted by atomic mass is 32.1. The van der Waals surface area contributed by atoms with E-state index in [1.165, 1.54) is 15.3 Å². The van der Waals surface area contributed by atoms with E-state index in [1.807, 2.05) is 24.3 Å². The topological polar surface area (TPSA) is 52.7 Å². The molecular weight excluding hydrogens is 390 g/mol. The van der Waals surface area contributed by atoms with Gasteiger partial charge in [0.2, 0.25) is 11.8 Å². The van der Waals surface area contributed by atoms with E-state index >= 15 is 0 Å². The van der Waals surface area contributed by atoms with Crippen LogP contribution < -0.4 is 10.2 Å². The van der Waals surface area contributed by atoms with Gasteiger partial charge in [0.05, 0.1) is 24.0 Å². The third-order valence-corrected chi connectivity index (χ3v) is 7.21. The number of carbonyl (C=O) groups excluding carboxylic acids is 2. The molecule has 1 aromatic carbocycles. The zero-order valence-electron chi connectivity index (χ0n) is 15.1. The number of amides is 2.